The third-order valence-electron chi connectivity index (χ3n) is 3.49. The van der Waals surface area contributed by atoms with Crippen molar-refractivity contribution in [3.05, 3.63) is 59.0 Å². The minimum absolute atomic E-state index is 0.0682. The van der Waals surface area contributed by atoms with Crippen LogP contribution in [0.4, 0.5) is 0 Å². The summed E-state index contributed by atoms with van der Waals surface area (Å²) in [7, 11) is 3.37. The highest BCUT2D eigenvalue weighted by molar-refractivity contribution is 9.09. The number of benzene rings is 2. The second-order valence-electron chi connectivity index (χ2n) is 4.66. The Morgan fingerprint density at radius 1 is 1.00 bits per heavy atom. The number of hydrogen-bond acceptors (Lipinski definition) is 3. The zero-order chi connectivity index (χ0) is 14.8. The van der Waals surface area contributed by atoms with Crippen LogP contribution < -0.4 is 9.47 Å². The molecule has 1 unspecified atom stereocenters. The molecule has 3 aromatic rings. The van der Waals surface area contributed by atoms with Crippen LogP contribution in [-0.4, -0.2) is 14.2 Å². The standard InChI is InChI=1S/C17H15BrO2S/c1-19-11-7-8-15(20-2)13(9-11)17(18)14-10-21-16-6-4-3-5-12(14)16/h3-10,17H,1-2H3. The summed E-state index contributed by atoms with van der Waals surface area (Å²) in [6.45, 7) is 0. The average molecular weight is 363 g/mol. The Kier molecular flexibility index (Phi) is 4.17. The van der Waals surface area contributed by atoms with Crippen molar-refractivity contribution in [2.45, 2.75) is 4.83 Å². The monoisotopic (exact) mass is 362 g/mol. The van der Waals surface area contributed by atoms with E-state index >= 15 is 0 Å². The highest BCUT2D eigenvalue weighted by atomic mass is 79.9. The van der Waals surface area contributed by atoms with Gasteiger partial charge in [-0.2, -0.15) is 0 Å². The Bertz CT molecular complexity index is 766. The quantitative estimate of drug-likeness (QED) is 0.578. The van der Waals surface area contributed by atoms with Crippen LogP contribution in [0, 0.1) is 0 Å². The van der Waals surface area contributed by atoms with E-state index in [0.29, 0.717) is 0 Å². The number of fused-ring (bicyclic) bond motifs is 1. The van der Waals surface area contributed by atoms with Gasteiger partial charge in [0.1, 0.15) is 11.5 Å². The molecule has 0 spiro atoms. The van der Waals surface area contributed by atoms with Crippen LogP contribution in [0.2, 0.25) is 0 Å². The van der Waals surface area contributed by atoms with E-state index in [0.717, 1.165) is 17.1 Å². The summed E-state index contributed by atoms with van der Waals surface area (Å²) in [6, 6.07) is 14.3. The highest BCUT2D eigenvalue weighted by Crippen LogP contribution is 2.42. The highest BCUT2D eigenvalue weighted by Gasteiger charge is 2.19. The van der Waals surface area contributed by atoms with Crippen molar-refractivity contribution in [1.82, 2.24) is 0 Å². The second-order valence-corrected chi connectivity index (χ2v) is 6.48. The molecule has 108 valence electrons. The number of alkyl halides is 1. The average Bonchev–Trinajstić information content (AvgIpc) is 2.97. The van der Waals surface area contributed by atoms with Crippen molar-refractivity contribution in [2.24, 2.45) is 0 Å². The lowest BCUT2D eigenvalue weighted by Crippen LogP contribution is -1.97. The van der Waals surface area contributed by atoms with E-state index in [-0.39, 0.29) is 4.83 Å². The lowest BCUT2D eigenvalue weighted by atomic mass is 10.0. The van der Waals surface area contributed by atoms with Crippen molar-refractivity contribution in [1.29, 1.82) is 0 Å². The summed E-state index contributed by atoms with van der Waals surface area (Å²) in [6.07, 6.45) is 0. The molecule has 1 aromatic heterocycles. The molecule has 0 aliphatic heterocycles. The molecular weight excluding hydrogens is 348 g/mol. The Labute approximate surface area is 136 Å². The Morgan fingerprint density at radius 2 is 1.81 bits per heavy atom. The summed E-state index contributed by atoms with van der Waals surface area (Å²) in [5.74, 6) is 1.68. The van der Waals surface area contributed by atoms with Gasteiger partial charge in [-0.05, 0) is 40.6 Å². The van der Waals surface area contributed by atoms with Gasteiger partial charge in [0.15, 0.2) is 0 Å². The lowest BCUT2D eigenvalue weighted by molar-refractivity contribution is 0.399. The third-order valence-corrected chi connectivity index (χ3v) is 5.46. The summed E-state index contributed by atoms with van der Waals surface area (Å²) in [5.41, 5.74) is 2.32. The molecule has 0 bridgehead atoms. The van der Waals surface area contributed by atoms with E-state index in [1.165, 1.54) is 15.6 Å². The molecule has 4 heteroatoms. The molecule has 1 atom stereocenters. The summed E-state index contributed by atoms with van der Waals surface area (Å²) in [5, 5.41) is 3.47. The van der Waals surface area contributed by atoms with Crippen LogP contribution in [0.1, 0.15) is 16.0 Å². The fourth-order valence-electron chi connectivity index (χ4n) is 2.40. The van der Waals surface area contributed by atoms with Gasteiger partial charge in [0, 0.05) is 10.3 Å². The Balaban J connectivity index is 2.11. The number of ether oxygens (including phenoxy) is 2. The van der Waals surface area contributed by atoms with Gasteiger partial charge >= 0.3 is 0 Å². The molecular formula is C17H15BrO2S. The van der Waals surface area contributed by atoms with Crippen LogP contribution in [0.15, 0.2) is 47.8 Å². The molecule has 0 fully saturated rings. The van der Waals surface area contributed by atoms with Gasteiger partial charge in [-0.25, -0.2) is 0 Å². The largest absolute Gasteiger partial charge is 0.497 e. The van der Waals surface area contributed by atoms with E-state index in [2.05, 4.69) is 45.6 Å². The topological polar surface area (TPSA) is 18.5 Å². The zero-order valence-electron chi connectivity index (χ0n) is 11.8. The van der Waals surface area contributed by atoms with E-state index < -0.39 is 0 Å². The van der Waals surface area contributed by atoms with Crippen molar-refractivity contribution < 1.29 is 9.47 Å². The maximum atomic E-state index is 5.49. The minimum atomic E-state index is 0.0682. The molecule has 2 nitrogen and oxygen atoms in total. The summed E-state index contributed by atoms with van der Waals surface area (Å²) < 4.78 is 12.1. The Hall–Kier alpha value is -1.52. The van der Waals surface area contributed by atoms with Crippen LogP contribution in [0.5, 0.6) is 11.5 Å². The second kappa shape index (κ2) is 6.08. The van der Waals surface area contributed by atoms with Crippen LogP contribution >= 0.6 is 27.3 Å². The van der Waals surface area contributed by atoms with Gasteiger partial charge in [0.05, 0.1) is 19.0 Å². The van der Waals surface area contributed by atoms with Gasteiger partial charge in [-0.15, -0.1) is 11.3 Å². The van der Waals surface area contributed by atoms with Crippen molar-refractivity contribution >= 4 is 37.4 Å². The SMILES string of the molecule is COc1ccc(OC)c(C(Br)c2csc3ccccc23)c1. The molecule has 0 saturated heterocycles. The van der Waals surface area contributed by atoms with E-state index in [9.17, 15) is 0 Å². The molecule has 3 rings (SSSR count). The number of methoxy groups -OCH3 is 2. The van der Waals surface area contributed by atoms with Gasteiger partial charge in [-0.1, -0.05) is 34.1 Å². The Morgan fingerprint density at radius 3 is 2.57 bits per heavy atom. The molecule has 21 heavy (non-hydrogen) atoms. The van der Waals surface area contributed by atoms with Crippen LogP contribution in [0.3, 0.4) is 0 Å². The molecule has 0 N–H and O–H groups in total. The van der Waals surface area contributed by atoms with Crippen LogP contribution in [-0.2, 0) is 0 Å². The summed E-state index contributed by atoms with van der Waals surface area (Å²) in [4.78, 5) is 0.0682. The fourth-order valence-corrected chi connectivity index (χ4v) is 4.30. The van der Waals surface area contributed by atoms with Crippen molar-refractivity contribution in [3.63, 3.8) is 0 Å². The van der Waals surface area contributed by atoms with Gasteiger partial charge in [-0.3, -0.25) is 0 Å². The van der Waals surface area contributed by atoms with Crippen LogP contribution in [0.25, 0.3) is 10.1 Å². The molecule has 2 aromatic carbocycles. The van der Waals surface area contributed by atoms with E-state index in [4.69, 9.17) is 9.47 Å². The molecule has 0 aliphatic rings. The first kappa shape index (κ1) is 14.4. The van der Waals surface area contributed by atoms with E-state index in [1.807, 2.05) is 18.2 Å². The molecule has 1 heterocycles. The van der Waals surface area contributed by atoms with Crippen molar-refractivity contribution in [3.8, 4) is 11.5 Å². The normalized spacial score (nSPS) is 12.3. The number of rotatable bonds is 4. The predicted molar refractivity (Wildman–Crippen MR) is 92.1 cm³/mol. The lowest BCUT2D eigenvalue weighted by Gasteiger charge is -2.15. The first-order chi connectivity index (χ1) is 10.2. The predicted octanol–water partition coefficient (Wildman–Crippen LogP) is 5.40. The smallest absolute Gasteiger partial charge is 0.123 e. The fraction of sp³-hybridized carbons (Fsp3) is 0.176. The van der Waals surface area contributed by atoms with Gasteiger partial charge in [0.25, 0.3) is 0 Å². The molecule has 0 saturated carbocycles. The first-order valence-corrected chi connectivity index (χ1v) is 8.36. The van der Waals surface area contributed by atoms with Gasteiger partial charge < -0.3 is 9.47 Å². The maximum Gasteiger partial charge on any atom is 0.123 e. The molecule has 0 aliphatic carbocycles. The number of hydrogen-bond donors (Lipinski definition) is 0. The maximum absolute atomic E-state index is 5.49. The summed E-state index contributed by atoms with van der Waals surface area (Å²) >= 11 is 5.58. The first-order valence-electron chi connectivity index (χ1n) is 6.56. The minimum Gasteiger partial charge on any atom is -0.497 e. The number of thiophene rings is 1. The zero-order valence-corrected chi connectivity index (χ0v) is 14.2. The number of halogens is 1. The van der Waals surface area contributed by atoms with E-state index in [1.54, 1.807) is 25.6 Å². The van der Waals surface area contributed by atoms with Gasteiger partial charge in [0.2, 0.25) is 0 Å². The third kappa shape index (κ3) is 2.65. The van der Waals surface area contributed by atoms with Crippen molar-refractivity contribution in [2.75, 3.05) is 14.2 Å². The molecule has 0 radical (unpaired) electrons. The molecule has 0 amide bonds.